The molecule has 0 bridgehead atoms. The number of rotatable bonds is 5. The maximum absolute atomic E-state index is 5.82. The van der Waals surface area contributed by atoms with Crippen molar-refractivity contribution < 1.29 is 0 Å². The Hall–Kier alpha value is -1.10. The van der Waals surface area contributed by atoms with Crippen LogP contribution in [0, 0.1) is 0 Å². The van der Waals surface area contributed by atoms with Crippen LogP contribution in [0.1, 0.15) is 6.42 Å². The van der Waals surface area contributed by atoms with Gasteiger partial charge in [-0.1, -0.05) is 12.1 Å². The van der Waals surface area contributed by atoms with Gasteiger partial charge in [0, 0.05) is 25.5 Å². The fourth-order valence-electron chi connectivity index (χ4n) is 1.56. The molecule has 7 heteroatoms. The summed E-state index contributed by atoms with van der Waals surface area (Å²) in [5.74, 6) is 0. The van der Waals surface area contributed by atoms with E-state index in [2.05, 4.69) is 14.9 Å². The second kappa shape index (κ2) is 10.8. The average Bonchev–Trinajstić information content (AvgIpc) is 2.79. The van der Waals surface area contributed by atoms with Gasteiger partial charge in [0.15, 0.2) is 0 Å². The van der Waals surface area contributed by atoms with Gasteiger partial charge in [-0.2, -0.15) is 0 Å². The standard InChI is InChI=1S/C12H16N4.3ClH/c13-11-4-1-2-5-12(11)15-6-3-8-16-9-7-14-10-16;;;/h1-2,4-5,7,9-10,15H,3,6,8,13H2;3*1H. The zero-order valence-corrected chi connectivity index (χ0v) is 12.8. The monoisotopic (exact) mass is 324 g/mol. The zero-order valence-electron chi connectivity index (χ0n) is 10.4. The van der Waals surface area contributed by atoms with Gasteiger partial charge in [-0.15, -0.1) is 37.2 Å². The molecular formula is C12H19Cl3N4. The summed E-state index contributed by atoms with van der Waals surface area (Å²) < 4.78 is 2.07. The minimum Gasteiger partial charge on any atom is -0.397 e. The largest absolute Gasteiger partial charge is 0.397 e. The molecule has 0 fully saturated rings. The Kier molecular flexibility index (Phi) is 11.5. The molecule has 0 spiro atoms. The molecule has 2 aromatic rings. The number of benzene rings is 1. The Balaban J connectivity index is 0. The number of aromatic nitrogens is 2. The number of aryl methyl sites for hydroxylation is 1. The summed E-state index contributed by atoms with van der Waals surface area (Å²) in [5, 5.41) is 3.32. The number of halogens is 3. The first-order chi connectivity index (χ1) is 7.86. The van der Waals surface area contributed by atoms with Crippen molar-refractivity contribution in [3.8, 4) is 0 Å². The van der Waals surface area contributed by atoms with Gasteiger partial charge in [-0.25, -0.2) is 4.98 Å². The molecule has 0 unspecified atom stereocenters. The van der Waals surface area contributed by atoms with Gasteiger partial charge < -0.3 is 15.6 Å². The van der Waals surface area contributed by atoms with Crippen LogP contribution in [0.5, 0.6) is 0 Å². The maximum atomic E-state index is 5.82. The van der Waals surface area contributed by atoms with Crippen LogP contribution >= 0.6 is 37.2 Å². The molecule has 0 radical (unpaired) electrons. The molecule has 1 aromatic heterocycles. The van der Waals surface area contributed by atoms with E-state index in [1.165, 1.54) is 0 Å². The minimum absolute atomic E-state index is 0. The molecule has 0 amide bonds. The number of nitrogens with zero attached hydrogens (tertiary/aromatic N) is 2. The van der Waals surface area contributed by atoms with Crippen LogP contribution in [0.25, 0.3) is 0 Å². The van der Waals surface area contributed by atoms with Crippen LogP contribution in [0.4, 0.5) is 11.4 Å². The van der Waals surface area contributed by atoms with Crippen molar-refractivity contribution in [2.24, 2.45) is 0 Å². The molecule has 0 atom stereocenters. The highest BCUT2D eigenvalue weighted by atomic mass is 35.5. The van der Waals surface area contributed by atoms with Crippen molar-refractivity contribution in [1.29, 1.82) is 0 Å². The van der Waals surface area contributed by atoms with Crippen LogP contribution in [-0.2, 0) is 6.54 Å². The quantitative estimate of drug-likeness (QED) is 0.655. The lowest BCUT2D eigenvalue weighted by Crippen LogP contribution is -2.07. The summed E-state index contributed by atoms with van der Waals surface area (Å²) in [4.78, 5) is 4.00. The fraction of sp³-hybridized carbons (Fsp3) is 0.250. The minimum atomic E-state index is 0. The first-order valence-electron chi connectivity index (χ1n) is 5.40. The highest BCUT2D eigenvalue weighted by Gasteiger charge is 1.95. The first-order valence-corrected chi connectivity index (χ1v) is 5.40. The zero-order chi connectivity index (χ0) is 11.2. The summed E-state index contributed by atoms with van der Waals surface area (Å²) >= 11 is 0. The lowest BCUT2D eigenvalue weighted by Gasteiger charge is -2.08. The Bertz CT molecular complexity index is 434. The number of nitrogens with two attached hydrogens (primary N) is 1. The molecule has 1 aromatic carbocycles. The summed E-state index contributed by atoms with van der Waals surface area (Å²) in [7, 11) is 0. The molecule has 0 saturated heterocycles. The highest BCUT2D eigenvalue weighted by molar-refractivity contribution is 5.86. The number of imidazole rings is 1. The lowest BCUT2D eigenvalue weighted by atomic mass is 10.2. The number of hydrogen-bond donors (Lipinski definition) is 2. The van der Waals surface area contributed by atoms with E-state index in [4.69, 9.17) is 5.73 Å². The SMILES string of the molecule is Cl.Cl.Cl.Nc1ccccc1NCCCn1ccnc1. The molecule has 4 nitrogen and oxygen atoms in total. The van der Waals surface area contributed by atoms with Crippen molar-refractivity contribution in [2.45, 2.75) is 13.0 Å². The Morgan fingerprint density at radius 1 is 1.16 bits per heavy atom. The summed E-state index contributed by atoms with van der Waals surface area (Å²) in [6.45, 7) is 1.88. The van der Waals surface area contributed by atoms with Crippen molar-refractivity contribution in [3.05, 3.63) is 43.0 Å². The average molecular weight is 326 g/mol. The van der Waals surface area contributed by atoms with E-state index in [-0.39, 0.29) is 37.2 Å². The molecule has 19 heavy (non-hydrogen) atoms. The van der Waals surface area contributed by atoms with Crippen molar-refractivity contribution in [2.75, 3.05) is 17.6 Å². The van der Waals surface area contributed by atoms with Crippen LogP contribution in [-0.4, -0.2) is 16.1 Å². The normalized spacial score (nSPS) is 8.63. The van der Waals surface area contributed by atoms with Gasteiger partial charge in [-0.05, 0) is 18.6 Å². The molecule has 0 aliphatic carbocycles. The molecule has 0 aliphatic rings. The molecule has 0 aliphatic heterocycles. The van der Waals surface area contributed by atoms with Crippen molar-refractivity contribution >= 4 is 48.6 Å². The number of nitrogens with one attached hydrogen (secondary N) is 1. The van der Waals surface area contributed by atoms with Crippen LogP contribution in [0.2, 0.25) is 0 Å². The summed E-state index contributed by atoms with van der Waals surface area (Å²) in [6.07, 6.45) is 6.64. The van der Waals surface area contributed by atoms with Crippen LogP contribution in [0.15, 0.2) is 43.0 Å². The number of nitrogen functional groups attached to an aromatic ring is 1. The van der Waals surface area contributed by atoms with Gasteiger partial charge in [0.25, 0.3) is 0 Å². The fourth-order valence-corrected chi connectivity index (χ4v) is 1.56. The van der Waals surface area contributed by atoms with Crippen molar-refractivity contribution in [3.63, 3.8) is 0 Å². The van der Waals surface area contributed by atoms with E-state index in [1.807, 2.05) is 36.8 Å². The molecule has 3 N–H and O–H groups in total. The van der Waals surface area contributed by atoms with E-state index in [0.29, 0.717) is 0 Å². The smallest absolute Gasteiger partial charge is 0.0945 e. The Labute approximate surface area is 132 Å². The molecular weight excluding hydrogens is 307 g/mol. The van der Waals surface area contributed by atoms with E-state index >= 15 is 0 Å². The van der Waals surface area contributed by atoms with E-state index in [0.717, 1.165) is 30.9 Å². The number of para-hydroxylation sites is 2. The van der Waals surface area contributed by atoms with Gasteiger partial charge in [0.1, 0.15) is 0 Å². The second-order valence-electron chi connectivity index (χ2n) is 3.67. The molecule has 1 heterocycles. The predicted octanol–water partition coefficient (Wildman–Crippen LogP) is 3.23. The first kappa shape index (κ1) is 20.2. The topological polar surface area (TPSA) is 55.9 Å². The van der Waals surface area contributed by atoms with E-state index in [9.17, 15) is 0 Å². The third-order valence-electron chi connectivity index (χ3n) is 2.43. The number of anilines is 2. The Morgan fingerprint density at radius 2 is 1.89 bits per heavy atom. The predicted molar refractivity (Wildman–Crippen MR) is 87.9 cm³/mol. The maximum Gasteiger partial charge on any atom is 0.0945 e. The lowest BCUT2D eigenvalue weighted by molar-refractivity contribution is 0.661. The van der Waals surface area contributed by atoms with Crippen LogP contribution < -0.4 is 11.1 Å². The second-order valence-corrected chi connectivity index (χ2v) is 3.67. The molecule has 0 saturated carbocycles. The van der Waals surface area contributed by atoms with E-state index < -0.39 is 0 Å². The Morgan fingerprint density at radius 3 is 2.53 bits per heavy atom. The van der Waals surface area contributed by atoms with Gasteiger partial charge in [0.05, 0.1) is 17.7 Å². The third-order valence-corrected chi connectivity index (χ3v) is 2.43. The van der Waals surface area contributed by atoms with Gasteiger partial charge >= 0.3 is 0 Å². The number of hydrogen-bond acceptors (Lipinski definition) is 3. The molecule has 2 rings (SSSR count). The molecule has 108 valence electrons. The van der Waals surface area contributed by atoms with Crippen LogP contribution in [0.3, 0.4) is 0 Å². The third kappa shape index (κ3) is 6.57. The van der Waals surface area contributed by atoms with E-state index in [1.54, 1.807) is 6.20 Å². The van der Waals surface area contributed by atoms with Crippen molar-refractivity contribution in [1.82, 2.24) is 9.55 Å². The summed E-state index contributed by atoms with van der Waals surface area (Å²) in [5.41, 5.74) is 7.62. The van der Waals surface area contributed by atoms with Gasteiger partial charge in [-0.3, -0.25) is 0 Å². The highest BCUT2D eigenvalue weighted by Crippen LogP contribution is 2.16. The van der Waals surface area contributed by atoms with Gasteiger partial charge in [0.2, 0.25) is 0 Å². The summed E-state index contributed by atoms with van der Waals surface area (Å²) in [6, 6.07) is 7.81.